The summed E-state index contributed by atoms with van der Waals surface area (Å²) in [5.74, 6) is -1.48. The lowest BCUT2D eigenvalue weighted by Gasteiger charge is -2.08. The van der Waals surface area contributed by atoms with Crippen molar-refractivity contribution in [2.24, 2.45) is 0 Å². The zero-order valence-corrected chi connectivity index (χ0v) is 14.1. The topological polar surface area (TPSA) is 108 Å². The fourth-order valence-electron chi connectivity index (χ4n) is 2.13. The van der Waals surface area contributed by atoms with Crippen LogP contribution >= 0.6 is 0 Å². The number of ether oxygens (including phenoxy) is 1. The van der Waals surface area contributed by atoms with Gasteiger partial charge in [-0.3, -0.25) is 9.59 Å². The van der Waals surface area contributed by atoms with Crippen LogP contribution < -0.4 is 10.6 Å². The molecule has 0 aliphatic rings. The molecule has 2 aromatic carbocycles. The van der Waals surface area contributed by atoms with Crippen LogP contribution in [-0.2, 0) is 9.53 Å². The molecule has 7 heteroatoms. The summed E-state index contributed by atoms with van der Waals surface area (Å²) < 4.78 is 4.94. The molecule has 7 nitrogen and oxygen atoms in total. The van der Waals surface area contributed by atoms with Crippen molar-refractivity contribution in [3.63, 3.8) is 0 Å². The third-order valence-electron chi connectivity index (χ3n) is 3.31. The Balaban J connectivity index is 1.92. The van der Waals surface area contributed by atoms with E-state index in [0.29, 0.717) is 23.4 Å². The molecule has 2 rings (SSSR count). The summed E-state index contributed by atoms with van der Waals surface area (Å²) in [6.07, 6.45) is 0. The lowest BCUT2D eigenvalue weighted by atomic mass is 10.1. The van der Waals surface area contributed by atoms with Gasteiger partial charge in [0.15, 0.2) is 6.61 Å². The van der Waals surface area contributed by atoms with E-state index in [2.05, 4.69) is 10.6 Å². The van der Waals surface area contributed by atoms with Gasteiger partial charge in [-0.2, -0.15) is 5.26 Å². The van der Waals surface area contributed by atoms with Crippen molar-refractivity contribution in [1.29, 1.82) is 5.26 Å². The van der Waals surface area contributed by atoms with E-state index < -0.39 is 18.5 Å². The van der Waals surface area contributed by atoms with E-state index in [1.807, 2.05) is 13.0 Å². The lowest BCUT2D eigenvalue weighted by molar-refractivity contribution is -0.119. The van der Waals surface area contributed by atoms with E-state index in [1.165, 1.54) is 18.2 Å². The molecular formula is C19H17N3O4. The summed E-state index contributed by atoms with van der Waals surface area (Å²) >= 11 is 0. The highest BCUT2D eigenvalue weighted by molar-refractivity contribution is 5.98. The molecule has 0 unspecified atom stereocenters. The van der Waals surface area contributed by atoms with E-state index in [1.54, 1.807) is 30.3 Å². The van der Waals surface area contributed by atoms with Crippen molar-refractivity contribution < 1.29 is 19.1 Å². The lowest BCUT2D eigenvalue weighted by Crippen LogP contribution is -2.23. The first-order valence-corrected chi connectivity index (χ1v) is 7.89. The van der Waals surface area contributed by atoms with Crippen LogP contribution in [0.4, 0.5) is 5.69 Å². The van der Waals surface area contributed by atoms with E-state index in [4.69, 9.17) is 10.00 Å². The van der Waals surface area contributed by atoms with E-state index in [0.717, 1.165) is 0 Å². The van der Waals surface area contributed by atoms with Crippen LogP contribution in [0.25, 0.3) is 0 Å². The Hall–Kier alpha value is -3.66. The fourth-order valence-corrected chi connectivity index (χ4v) is 2.13. The molecule has 0 aliphatic carbocycles. The number of amides is 2. The van der Waals surface area contributed by atoms with Crippen LogP contribution in [0.5, 0.6) is 0 Å². The van der Waals surface area contributed by atoms with Crippen LogP contribution in [0.3, 0.4) is 0 Å². The maximum Gasteiger partial charge on any atom is 0.338 e. The van der Waals surface area contributed by atoms with Gasteiger partial charge in [-0.1, -0.05) is 12.1 Å². The van der Waals surface area contributed by atoms with Crippen LogP contribution in [0.2, 0.25) is 0 Å². The SMILES string of the molecule is CCNC(=O)c1cccc(NC(=O)COC(=O)c2cccc(C#N)c2)c1. The number of nitrogens with zero attached hydrogens (tertiary/aromatic N) is 1. The predicted molar refractivity (Wildman–Crippen MR) is 94.5 cm³/mol. The molecule has 2 N–H and O–H groups in total. The highest BCUT2D eigenvalue weighted by atomic mass is 16.5. The van der Waals surface area contributed by atoms with Crippen molar-refractivity contribution >= 4 is 23.5 Å². The van der Waals surface area contributed by atoms with Gasteiger partial charge in [0.1, 0.15) is 0 Å². The van der Waals surface area contributed by atoms with Crippen molar-refractivity contribution in [3.8, 4) is 6.07 Å². The van der Waals surface area contributed by atoms with Crippen LogP contribution in [0, 0.1) is 11.3 Å². The number of hydrogen-bond acceptors (Lipinski definition) is 5. The van der Waals surface area contributed by atoms with Crippen LogP contribution in [0.15, 0.2) is 48.5 Å². The predicted octanol–water partition coefficient (Wildman–Crippen LogP) is 2.10. The molecule has 0 saturated carbocycles. The molecule has 2 amide bonds. The number of anilines is 1. The Bertz CT molecular complexity index is 871. The maximum absolute atomic E-state index is 11.9. The number of hydrogen-bond donors (Lipinski definition) is 2. The molecule has 2 aromatic rings. The Morgan fingerprint density at radius 2 is 1.81 bits per heavy atom. The van der Waals surface area contributed by atoms with Crippen molar-refractivity contribution in [2.75, 3.05) is 18.5 Å². The van der Waals surface area contributed by atoms with Crippen LogP contribution in [-0.4, -0.2) is 30.9 Å². The Morgan fingerprint density at radius 1 is 1.08 bits per heavy atom. The highest BCUT2D eigenvalue weighted by Crippen LogP contribution is 2.11. The average molecular weight is 351 g/mol. The molecule has 0 saturated heterocycles. The van der Waals surface area contributed by atoms with Crippen LogP contribution in [0.1, 0.15) is 33.2 Å². The Kier molecular flexibility index (Phi) is 6.46. The highest BCUT2D eigenvalue weighted by Gasteiger charge is 2.12. The normalized spacial score (nSPS) is 9.69. The van der Waals surface area contributed by atoms with Gasteiger partial charge < -0.3 is 15.4 Å². The molecule has 0 heterocycles. The van der Waals surface area contributed by atoms with Gasteiger partial charge in [0.05, 0.1) is 17.2 Å². The second kappa shape index (κ2) is 8.99. The van der Waals surface area contributed by atoms with Crippen molar-refractivity contribution in [3.05, 3.63) is 65.2 Å². The zero-order valence-electron chi connectivity index (χ0n) is 14.1. The first-order valence-electron chi connectivity index (χ1n) is 7.89. The van der Waals surface area contributed by atoms with Gasteiger partial charge >= 0.3 is 5.97 Å². The molecule has 0 spiro atoms. The fraction of sp³-hybridized carbons (Fsp3) is 0.158. The molecule has 0 bridgehead atoms. The standard InChI is InChI=1S/C19H17N3O4/c1-2-21-18(24)14-6-4-8-16(10-14)22-17(23)12-26-19(25)15-7-3-5-13(9-15)11-20/h3-10H,2,12H2,1H3,(H,21,24)(H,22,23). The third kappa shape index (κ3) is 5.18. The minimum atomic E-state index is -0.701. The Morgan fingerprint density at radius 3 is 2.54 bits per heavy atom. The summed E-state index contributed by atoms with van der Waals surface area (Å²) in [5, 5.41) is 14.1. The maximum atomic E-state index is 11.9. The summed E-state index contributed by atoms with van der Waals surface area (Å²) in [5.41, 5.74) is 1.34. The molecule has 0 radical (unpaired) electrons. The summed E-state index contributed by atoms with van der Waals surface area (Å²) in [4.78, 5) is 35.6. The van der Waals surface area contributed by atoms with Crippen molar-refractivity contribution in [1.82, 2.24) is 5.32 Å². The molecule has 0 atom stereocenters. The van der Waals surface area contributed by atoms with Gasteiger partial charge in [0, 0.05) is 17.8 Å². The quantitative estimate of drug-likeness (QED) is 0.775. The second-order valence-corrected chi connectivity index (χ2v) is 5.26. The first-order chi connectivity index (χ1) is 12.5. The van der Waals surface area contributed by atoms with Gasteiger partial charge in [-0.25, -0.2) is 4.79 Å². The van der Waals surface area contributed by atoms with E-state index in [-0.39, 0.29) is 11.5 Å². The number of carbonyl (C=O) groups is 3. The third-order valence-corrected chi connectivity index (χ3v) is 3.31. The molecule has 132 valence electrons. The number of nitrogens with one attached hydrogen (secondary N) is 2. The molecule has 0 aliphatic heterocycles. The summed E-state index contributed by atoms with van der Waals surface area (Å²) in [7, 11) is 0. The second-order valence-electron chi connectivity index (χ2n) is 5.26. The number of carbonyl (C=O) groups excluding carboxylic acids is 3. The number of nitriles is 1. The largest absolute Gasteiger partial charge is 0.452 e. The minimum absolute atomic E-state index is 0.190. The summed E-state index contributed by atoms with van der Waals surface area (Å²) in [6.45, 7) is 1.82. The number of esters is 1. The number of rotatable bonds is 6. The molecule has 26 heavy (non-hydrogen) atoms. The van der Waals surface area contributed by atoms with Gasteiger partial charge in [-0.15, -0.1) is 0 Å². The van der Waals surface area contributed by atoms with Gasteiger partial charge in [0.25, 0.3) is 11.8 Å². The van der Waals surface area contributed by atoms with Gasteiger partial charge in [0.2, 0.25) is 0 Å². The minimum Gasteiger partial charge on any atom is -0.452 e. The molecular weight excluding hydrogens is 334 g/mol. The first kappa shape index (κ1) is 18.7. The van der Waals surface area contributed by atoms with Gasteiger partial charge in [-0.05, 0) is 43.3 Å². The Labute approximate surface area is 150 Å². The number of benzene rings is 2. The smallest absolute Gasteiger partial charge is 0.338 e. The molecule has 0 aromatic heterocycles. The molecule has 0 fully saturated rings. The van der Waals surface area contributed by atoms with E-state index >= 15 is 0 Å². The summed E-state index contributed by atoms with van der Waals surface area (Å²) in [6, 6.07) is 14.3. The monoisotopic (exact) mass is 351 g/mol. The van der Waals surface area contributed by atoms with Crippen molar-refractivity contribution in [2.45, 2.75) is 6.92 Å². The average Bonchev–Trinajstić information content (AvgIpc) is 2.66. The zero-order chi connectivity index (χ0) is 18.9. The van der Waals surface area contributed by atoms with E-state index in [9.17, 15) is 14.4 Å².